The molecule has 0 aromatic heterocycles. The lowest BCUT2D eigenvalue weighted by Crippen LogP contribution is -2.14. The molecule has 1 aromatic carbocycles. The first-order valence-electron chi connectivity index (χ1n) is 5.55. The molecule has 0 amide bonds. The molecule has 0 fully saturated rings. The van der Waals surface area contributed by atoms with Crippen LogP contribution in [-0.4, -0.2) is 31.0 Å². The number of halogens is 3. The van der Waals surface area contributed by atoms with Crippen LogP contribution in [0, 0.1) is 0 Å². The molecule has 19 heavy (non-hydrogen) atoms. The monoisotopic (exact) mass is 293 g/mol. The Morgan fingerprint density at radius 2 is 1.74 bits per heavy atom. The van der Waals surface area contributed by atoms with Gasteiger partial charge in [0.1, 0.15) is 17.3 Å². The molecule has 0 saturated carbocycles. The minimum atomic E-state index is -4.18. The van der Waals surface area contributed by atoms with Crippen molar-refractivity contribution >= 4 is 17.2 Å². The van der Waals surface area contributed by atoms with Gasteiger partial charge in [0.05, 0.1) is 19.6 Å². The van der Waals surface area contributed by atoms with E-state index in [1.807, 2.05) is 0 Å². The van der Waals surface area contributed by atoms with Crippen molar-refractivity contribution in [2.75, 3.05) is 19.8 Å². The molecular formula is C12H14F3NO2S. The van der Waals surface area contributed by atoms with Crippen LogP contribution < -0.4 is 10.5 Å². The van der Waals surface area contributed by atoms with E-state index in [1.165, 1.54) is 0 Å². The van der Waals surface area contributed by atoms with Crippen LogP contribution in [0.2, 0.25) is 0 Å². The van der Waals surface area contributed by atoms with Crippen LogP contribution in [0.4, 0.5) is 13.2 Å². The number of benzene rings is 1. The Bertz CT molecular complexity index is 406. The topological polar surface area (TPSA) is 44.5 Å². The van der Waals surface area contributed by atoms with Crippen LogP contribution >= 0.6 is 12.2 Å². The van der Waals surface area contributed by atoms with E-state index in [2.05, 4.69) is 0 Å². The van der Waals surface area contributed by atoms with Gasteiger partial charge in [0.15, 0.2) is 0 Å². The molecular weight excluding hydrogens is 279 g/mol. The maximum Gasteiger partial charge on any atom is 0.391 e. The summed E-state index contributed by atoms with van der Waals surface area (Å²) >= 11 is 4.80. The Kier molecular flexibility index (Phi) is 6.04. The number of ether oxygens (including phenoxy) is 2. The molecule has 0 bridgehead atoms. The molecule has 3 nitrogen and oxygen atoms in total. The summed E-state index contributed by atoms with van der Waals surface area (Å²) in [4.78, 5) is 0.294. The number of hydrogen-bond donors (Lipinski definition) is 1. The highest BCUT2D eigenvalue weighted by Crippen LogP contribution is 2.18. The van der Waals surface area contributed by atoms with E-state index in [0.717, 1.165) is 5.56 Å². The van der Waals surface area contributed by atoms with Crippen LogP contribution in [0.15, 0.2) is 24.3 Å². The van der Waals surface area contributed by atoms with Gasteiger partial charge in [-0.05, 0) is 24.3 Å². The zero-order valence-electron chi connectivity index (χ0n) is 10.1. The largest absolute Gasteiger partial charge is 0.491 e. The first-order chi connectivity index (χ1) is 8.88. The Labute approximate surface area is 114 Å². The second-order valence-corrected chi connectivity index (χ2v) is 4.15. The molecule has 2 N–H and O–H groups in total. The number of nitrogens with two attached hydrogens (primary N) is 1. The van der Waals surface area contributed by atoms with Gasteiger partial charge in [-0.15, -0.1) is 0 Å². The molecule has 0 unspecified atom stereocenters. The van der Waals surface area contributed by atoms with Crippen molar-refractivity contribution in [3.8, 4) is 5.75 Å². The minimum absolute atomic E-state index is 0.104. The summed E-state index contributed by atoms with van der Waals surface area (Å²) in [5.41, 5.74) is 6.16. The molecule has 0 aliphatic heterocycles. The van der Waals surface area contributed by atoms with E-state index in [1.54, 1.807) is 24.3 Å². The second-order valence-electron chi connectivity index (χ2n) is 3.71. The first-order valence-corrected chi connectivity index (χ1v) is 5.96. The molecule has 0 spiro atoms. The standard InChI is InChI=1S/C12H14F3NO2S/c13-12(14,15)5-6-17-7-8-18-10-3-1-9(2-4-10)11(16)19/h1-4H,5-8H2,(H2,16,19). The average Bonchev–Trinajstić information content (AvgIpc) is 2.33. The second kappa shape index (κ2) is 7.30. The van der Waals surface area contributed by atoms with Crippen LogP contribution in [0.1, 0.15) is 12.0 Å². The zero-order chi connectivity index (χ0) is 14.3. The number of thiocarbonyl (C=S) groups is 1. The van der Waals surface area contributed by atoms with Gasteiger partial charge in [0.2, 0.25) is 0 Å². The molecule has 0 aliphatic carbocycles. The van der Waals surface area contributed by atoms with Crippen LogP contribution in [0.3, 0.4) is 0 Å². The Hall–Kier alpha value is -1.34. The quantitative estimate of drug-likeness (QED) is 0.620. The zero-order valence-corrected chi connectivity index (χ0v) is 10.9. The maximum atomic E-state index is 11.8. The minimum Gasteiger partial charge on any atom is -0.491 e. The van der Waals surface area contributed by atoms with Gasteiger partial charge in [0.25, 0.3) is 0 Å². The number of alkyl halides is 3. The van der Waals surface area contributed by atoms with Gasteiger partial charge >= 0.3 is 6.18 Å². The molecule has 1 rings (SSSR count). The van der Waals surface area contributed by atoms with E-state index in [0.29, 0.717) is 10.7 Å². The lowest BCUT2D eigenvalue weighted by Gasteiger charge is -2.09. The van der Waals surface area contributed by atoms with Crippen molar-refractivity contribution < 1.29 is 22.6 Å². The summed E-state index contributed by atoms with van der Waals surface area (Å²) in [6.45, 7) is -0.0648. The van der Waals surface area contributed by atoms with Crippen LogP contribution in [-0.2, 0) is 4.74 Å². The smallest absolute Gasteiger partial charge is 0.391 e. The van der Waals surface area contributed by atoms with Gasteiger partial charge < -0.3 is 15.2 Å². The third kappa shape index (κ3) is 6.97. The van der Waals surface area contributed by atoms with Crippen molar-refractivity contribution in [1.29, 1.82) is 0 Å². The lowest BCUT2D eigenvalue weighted by atomic mass is 10.2. The molecule has 0 aliphatic rings. The van der Waals surface area contributed by atoms with Crippen molar-refractivity contribution in [1.82, 2.24) is 0 Å². The van der Waals surface area contributed by atoms with Crippen molar-refractivity contribution in [2.45, 2.75) is 12.6 Å². The Balaban J connectivity index is 2.17. The number of rotatable bonds is 7. The van der Waals surface area contributed by atoms with Gasteiger partial charge in [0, 0.05) is 5.56 Å². The highest BCUT2D eigenvalue weighted by Gasteiger charge is 2.26. The third-order valence-electron chi connectivity index (χ3n) is 2.17. The van der Waals surface area contributed by atoms with Crippen molar-refractivity contribution in [3.63, 3.8) is 0 Å². The van der Waals surface area contributed by atoms with Crippen molar-refractivity contribution in [2.24, 2.45) is 5.73 Å². The molecule has 1 aromatic rings. The predicted molar refractivity (Wildman–Crippen MR) is 69.3 cm³/mol. The van der Waals surface area contributed by atoms with Gasteiger partial charge in [-0.2, -0.15) is 13.2 Å². The lowest BCUT2D eigenvalue weighted by molar-refractivity contribution is -0.145. The SMILES string of the molecule is NC(=S)c1ccc(OCCOCCC(F)(F)F)cc1. The Morgan fingerprint density at radius 1 is 1.11 bits per heavy atom. The fourth-order valence-electron chi connectivity index (χ4n) is 1.22. The molecule has 0 radical (unpaired) electrons. The molecule has 106 valence electrons. The van der Waals surface area contributed by atoms with Gasteiger partial charge in [-0.1, -0.05) is 12.2 Å². The van der Waals surface area contributed by atoms with Crippen LogP contribution in [0.25, 0.3) is 0 Å². The van der Waals surface area contributed by atoms with Crippen molar-refractivity contribution in [3.05, 3.63) is 29.8 Å². The maximum absolute atomic E-state index is 11.8. The van der Waals surface area contributed by atoms with E-state index in [4.69, 9.17) is 27.4 Å². The summed E-state index contributed by atoms with van der Waals surface area (Å²) < 4.78 is 45.5. The summed E-state index contributed by atoms with van der Waals surface area (Å²) in [6.07, 6.45) is -5.13. The molecule has 0 heterocycles. The predicted octanol–water partition coefficient (Wildman–Crippen LogP) is 2.67. The number of hydrogen-bond acceptors (Lipinski definition) is 3. The fourth-order valence-corrected chi connectivity index (χ4v) is 1.36. The summed E-state index contributed by atoms with van der Waals surface area (Å²) in [5, 5.41) is 0. The molecule has 0 atom stereocenters. The summed E-state index contributed by atoms with van der Waals surface area (Å²) in [5.74, 6) is 0.583. The molecule has 0 saturated heterocycles. The average molecular weight is 293 g/mol. The van der Waals surface area contributed by atoms with E-state index in [-0.39, 0.29) is 19.8 Å². The Morgan fingerprint density at radius 3 is 2.26 bits per heavy atom. The van der Waals surface area contributed by atoms with Gasteiger partial charge in [-0.25, -0.2) is 0 Å². The summed E-state index contributed by atoms with van der Waals surface area (Å²) in [6, 6.07) is 6.79. The van der Waals surface area contributed by atoms with E-state index < -0.39 is 12.6 Å². The third-order valence-corrected chi connectivity index (χ3v) is 2.40. The van der Waals surface area contributed by atoms with Crippen LogP contribution in [0.5, 0.6) is 5.75 Å². The molecule has 7 heteroatoms. The van der Waals surface area contributed by atoms with E-state index >= 15 is 0 Å². The first kappa shape index (κ1) is 15.7. The van der Waals surface area contributed by atoms with Gasteiger partial charge in [-0.3, -0.25) is 0 Å². The highest BCUT2D eigenvalue weighted by atomic mass is 32.1. The fraction of sp³-hybridized carbons (Fsp3) is 0.417. The summed E-state index contributed by atoms with van der Waals surface area (Å²) in [7, 11) is 0. The normalized spacial score (nSPS) is 11.3. The van der Waals surface area contributed by atoms with E-state index in [9.17, 15) is 13.2 Å². The highest BCUT2D eigenvalue weighted by molar-refractivity contribution is 7.80.